The summed E-state index contributed by atoms with van der Waals surface area (Å²) in [5, 5.41) is 5.07. The van der Waals surface area contributed by atoms with E-state index in [-0.39, 0.29) is 6.04 Å². The Morgan fingerprint density at radius 3 is 2.67 bits per heavy atom. The Balaban J connectivity index is 2.09. The molecule has 0 aliphatic rings. The summed E-state index contributed by atoms with van der Waals surface area (Å²) in [5.41, 5.74) is 3.26. The maximum Gasteiger partial charge on any atom is 0.134 e. The molecule has 1 N–H and O–H groups in total. The topological polar surface area (TPSA) is 25.2 Å². The lowest BCUT2D eigenvalue weighted by Gasteiger charge is -2.16. The van der Waals surface area contributed by atoms with Crippen molar-refractivity contribution >= 4 is 38.5 Å². The van der Waals surface area contributed by atoms with E-state index >= 15 is 0 Å². The highest BCUT2D eigenvalue weighted by Gasteiger charge is 2.18. The van der Waals surface area contributed by atoms with Crippen molar-refractivity contribution in [2.45, 2.75) is 13.0 Å². The first kappa shape index (κ1) is 14.6. The smallest absolute Gasteiger partial charge is 0.134 e. The second-order valence-corrected chi connectivity index (χ2v) is 6.41. The highest BCUT2D eigenvalue weighted by atomic mass is 79.9. The van der Waals surface area contributed by atoms with Gasteiger partial charge in [-0.05, 0) is 61.5 Å². The second kappa shape index (κ2) is 5.84. The van der Waals surface area contributed by atoms with Crippen LogP contribution in [0.4, 0.5) is 0 Å². The number of fused-ring (bicyclic) bond motifs is 1. The molecule has 0 aliphatic heterocycles. The Labute approximate surface area is 137 Å². The molecular weight excluding hydrogens is 350 g/mol. The molecule has 3 rings (SSSR count). The van der Waals surface area contributed by atoms with Crippen molar-refractivity contribution in [1.82, 2.24) is 5.32 Å². The summed E-state index contributed by atoms with van der Waals surface area (Å²) in [4.78, 5) is 0. The third-order valence-corrected chi connectivity index (χ3v) is 4.34. The van der Waals surface area contributed by atoms with Gasteiger partial charge in [0.25, 0.3) is 0 Å². The van der Waals surface area contributed by atoms with E-state index in [0.29, 0.717) is 0 Å². The minimum Gasteiger partial charge on any atom is -0.459 e. The molecule has 4 heteroatoms. The van der Waals surface area contributed by atoms with Crippen LogP contribution in [0.3, 0.4) is 0 Å². The minimum atomic E-state index is 0.0178. The number of benzene rings is 2. The first-order valence-corrected chi connectivity index (χ1v) is 7.88. The van der Waals surface area contributed by atoms with Crippen molar-refractivity contribution in [3.05, 3.63) is 68.8 Å². The van der Waals surface area contributed by atoms with Crippen LogP contribution in [-0.2, 0) is 0 Å². The molecule has 108 valence electrons. The molecule has 0 saturated carbocycles. The Kier molecular flexibility index (Phi) is 4.07. The molecule has 0 radical (unpaired) electrons. The lowest BCUT2D eigenvalue weighted by molar-refractivity contribution is 0.490. The fraction of sp³-hybridized carbons (Fsp3) is 0.176. The van der Waals surface area contributed by atoms with Gasteiger partial charge in [-0.1, -0.05) is 33.6 Å². The minimum absolute atomic E-state index is 0.0178. The molecule has 1 heterocycles. The SMILES string of the molecule is CNC(c1cc2cc(Cl)ccc2o1)c1ccc(Br)cc1C. The molecule has 0 aliphatic carbocycles. The van der Waals surface area contributed by atoms with Gasteiger partial charge in [0.15, 0.2) is 0 Å². The Morgan fingerprint density at radius 2 is 1.95 bits per heavy atom. The molecule has 0 fully saturated rings. The summed E-state index contributed by atoms with van der Waals surface area (Å²) >= 11 is 9.54. The van der Waals surface area contributed by atoms with Crippen molar-refractivity contribution in [3.63, 3.8) is 0 Å². The zero-order valence-electron chi connectivity index (χ0n) is 11.8. The first-order chi connectivity index (χ1) is 10.1. The number of nitrogens with one attached hydrogen (secondary N) is 1. The number of hydrogen-bond acceptors (Lipinski definition) is 2. The number of furan rings is 1. The lowest BCUT2D eigenvalue weighted by Crippen LogP contribution is -2.18. The van der Waals surface area contributed by atoms with Crippen molar-refractivity contribution in [3.8, 4) is 0 Å². The van der Waals surface area contributed by atoms with Gasteiger partial charge in [0.2, 0.25) is 0 Å². The lowest BCUT2D eigenvalue weighted by atomic mass is 9.99. The fourth-order valence-electron chi connectivity index (χ4n) is 2.59. The predicted octanol–water partition coefficient (Wildman–Crippen LogP) is 5.47. The molecule has 0 amide bonds. The van der Waals surface area contributed by atoms with Gasteiger partial charge in [-0.25, -0.2) is 0 Å². The van der Waals surface area contributed by atoms with Gasteiger partial charge in [-0.15, -0.1) is 0 Å². The van der Waals surface area contributed by atoms with Gasteiger partial charge in [-0.2, -0.15) is 0 Å². The first-order valence-electron chi connectivity index (χ1n) is 6.71. The van der Waals surface area contributed by atoms with Crippen LogP contribution in [0.5, 0.6) is 0 Å². The van der Waals surface area contributed by atoms with E-state index in [4.69, 9.17) is 16.0 Å². The van der Waals surface area contributed by atoms with Crippen LogP contribution >= 0.6 is 27.5 Å². The van der Waals surface area contributed by atoms with Crippen molar-refractivity contribution in [2.75, 3.05) is 7.05 Å². The van der Waals surface area contributed by atoms with Gasteiger partial charge in [-0.3, -0.25) is 0 Å². The average molecular weight is 365 g/mol. The van der Waals surface area contributed by atoms with Crippen LogP contribution < -0.4 is 5.32 Å². The molecule has 3 aromatic rings. The van der Waals surface area contributed by atoms with E-state index in [1.165, 1.54) is 11.1 Å². The fourth-order valence-corrected chi connectivity index (χ4v) is 3.25. The Bertz CT molecular complexity index is 797. The number of hydrogen-bond donors (Lipinski definition) is 1. The molecule has 0 saturated heterocycles. The number of aryl methyl sites for hydroxylation is 1. The molecule has 21 heavy (non-hydrogen) atoms. The molecular formula is C17H15BrClNO. The van der Waals surface area contributed by atoms with Crippen molar-refractivity contribution in [2.24, 2.45) is 0 Å². The van der Waals surface area contributed by atoms with E-state index < -0.39 is 0 Å². The van der Waals surface area contributed by atoms with Crippen LogP contribution in [0.15, 0.2) is 51.4 Å². The van der Waals surface area contributed by atoms with E-state index in [9.17, 15) is 0 Å². The second-order valence-electron chi connectivity index (χ2n) is 5.05. The summed E-state index contributed by atoms with van der Waals surface area (Å²) in [5.74, 6) is 0.889. The van der Waals surface area contributed by atoms with E-state index in [1.54, 1.807) is 0 Å². The Hall–Kier alpha value is -1.29. The average Bonchev–Trinajstić information content (AvgIpc) is 2.84. The molecule has 2 nitrogen and oxygen atoms in total. The molecule has 1 unspecified atom stereocenters. The van der Waals surface area contributed by atoms with E-state index in [2.05, 4.69) is 40.3 Å². The zero-order valence-corrected chi connectivity index (χ0v) is 14.1. The highest BCUT2D eigenvalue weighted by molar-refractivity contribution is 9.10. The maximum atomic E-state index is 6.04. The summed E-state index contributed by atoms with van der Waals surface area (Å²) in [7, 11) is 1.94. The van der Waals surface area contributed by atoms with Gasteiger partial charge in [0.05, 0.1) is 6.04 Å². The van der Waals surface area contributed by atoms with E-state index in [1.807, 2.05) is 37.4 Å². The van der Waals surface area contributed by atoms with Gasteiger partial charge in [0.1, 0.15) is 11.3 Å². The molecule has 1 aromatic heterocycles. The van der Waals surface area contributed by atoms with E-state index in [0.717, 1.165) is 26.2 Å². The predicted molar refractivity (Wildman–Crippen MR) is 91.0 cm³/mol. The van der Waals surface area contributed by atoms with Crippen LogP contribution in [0.25, 0.3) is 11.0 Å². The largest absolute Gasteiger partial charge is 0.459 e. The molecule has 0 spiro atoms. The van der Waals surface area contributed by atoms with Crippen LogP contribution in [0.1, 0.15) is 22.9 Å². The van der Waals surface area contributed by atoms with Crippen molar-refractivity contribution in [1.29, 1.82) is 0 Å². The summed E-state index contributed by atoms with van der Waals surface area (Å²) in [6.45, 7) is 2.10. The van der Waals surface area contributed by atoms with Gasteiger partial charge >= 0.3 is 0 Å². The molecule has 0 bridgehead atoms. The van der Waals surface area contributed by atoms with Crippen LogP contribution in [0, 0.1) is 6.92 Å². The maximum absolute atomic E-state index is 6.04. The number of rotatable bonds is 3. The summed E-state index contributed by atoms with van der Waals surface area (Å²) in [6.07, 6.45) is 0. The monoisotopic (exact) mass is 363 g/mol. The number of halogens is 2. The quantitative estimate of drug-likeness (QED) is 0.667. The summed E-state index contributed by atoms with van der Waals surface area (Å²) < 4.78 is 7.06. The zero-order chi connectivity index (χ0) is 15.0. The van der Waals surface area contributed by atoms with Crippen molar-refractivity contribution < 1.29 is 4.42 Å². The molecule has 2 aromatic carbocycles. The standard InChI is InChI=1S/C17H15BrClNO/c1-10-7-12(18)3-5-14(10)17(20-2)16-9-11-8-13(19)4-6-15(11)21-16/h3-9,17,20H,1-2H3. The highest BCUT2D eigenvalue weighted by Crippen LogP contribution is 2.31. The Morgan fingerprint density at radius 1 is 1.14 bits per heavy atom. The van der Waals surface area contributed by atoms with Crippen LogP contribution in [0.2, 0.25) is 5.02 Å². The third kappa shape index (κ3) is 2.86. The third-order valence-electron chi connectivity index (χ3n) is 3.61. The van der Waals surface area contributed by atoms with Gasteiger partial charge < -0.3 is 9.73 Å². The van der Waals surface area contributed by atoms with Crippen LogP contribution in [-0.4, -0.2) is 7.05 Å². The summed E-state index contributed by atoms with van der Waals surface area (Å²) in [6, 6.07) is 14.0. The van der Waals surface area contributed by atoms with Gasteiger partial charge in [0, 0.05) is 14.9 Å². The normalized spacial score (nSPS) is 12.8. The molecule has 1 atom stereocenters.